The molecule has 2 heterocycles. The number of halogens is 3. The number of carbonyl (C=O) groups is 1. The van der Waals surface area contributed by atoms with E-state index >= 15 is 0 Å². The van der Waals surface area contributed by atoms with Gasteiger partial charge in [-0.1, -0.05) is 18.2 Å². The van der Waals surface area contributed by atoms with Gasteiger partial charge >= 0.3 is 12.1 Å². The number of rotatable bonds is 13. The molecule has 4 rings (SSSR count). The number of hydrogen-bond acceptors (Lipinski definition) is 5. The Morgan fingerprint density at radius 1 is 1.12 bits per heavy atom. The number of aryl methyl sites for hydroxylation is 1. The monoisotopic (exact) mass is 572 g/mol. The summed E-state index contributed by atoms with van der Waals surface area (Å²) in [6, 6.07) is 13.0. The van der Waals surface area contributed by atoms with Crippen LogP contribution in [-0.2, 0) is 17.4 Å². The summed E-state index contributed by atoms with van der Waals surface area (Å²) in [4.78, 5) is 18.1. The number of aromatic nitrogens is 1. The fourth-order valence-electron chi connectivity index (χ4n) is 6.03. The molecule has 3 atom stereocenters. The van der Waals surface area contributed by atoms with Crippen molar-refractivity contribution in [1.82, 2.24) is 9.88 Å². The lowest BCUT2D eigenvalue weighted by Gasteiger charge is -2.39. The van der Waals surface area contributed by atoms with Gasteiger partial charge in [0.05, 0.1) is 24.3 Å². The first-order chi connectivity index (χ1) is 19.6. The van der Waals surface area contributed by atoms with Crippen molar-refractivity contribution in [1.29, 1.82) is 0 Å². The van der Waals surface area contributed by atoms with Gasteiger partial charge in [-0.15, -0.1) is 0 Å². The Bertz CT molecular complexity index is 1300. The number of fused-ring (bicyclic) bond motifs is 1. The summed E-state index contributed by atoms with van der Waals surface area (Å²) >= 11 is 0. The molecule has 0 amide bonds. The fourth-order valence-corrected chi connectivity index (χ4v) is 6.03. The Labute approximate surface area is 239 Å². The first-order valence-electron chi connectivity index (χ1n) is 14.3. The van der Waals surface area contributed by atoms with Crippen molar-refractivity contribution in [2.24, 2.45) is 11.8 Å². The minimum atomic E-state index is -4.33. The van der Waals surface area contributed by atoms with Crippen molar-refractivity contribution in [3.63, 3.8) is 0 Å². The summed E-state index contributed by atoms with van der Waals surface area (Å²) in [5.41, 5.74) is 1.69. The molecule has 9 heteroatoms. The van der Waals surface area contributed by atoms with Gasteiger partial charge in [0.25, 0.3) is 0 Å². The van der Waals surface area contributed by atoms with E-state index < -0.39 is 23.8 Å². The summed E-state index contributed by atoms with van der Waals surface area (Å²) in [6.45, 7) is 2.53. The number of hydrogen-bond donors (Lipinski definition) is 2. The van der Waals surface area contributed by atoms with E-state index in [9.17, 15) is 28.2 Å². The van der Waals surface area contributed by atoms with Gasteiger partial charge in [-0.25, -0.2) is 0 Å². The standard InChI is InChI=1S/C32H39F3N2O4/c1-41-26-10-11-29-28(20-26)27(14-16-36-29)30(38)12-8-23-15-18-37(21-24(23)9-13-31(39)40)17-3-2-5-22-6-4-7-25(19-22)32(33,34)35/h4,6-7,10-11,14,16,19-20,23-24,30,38H,2-3,5,8-9,12-13,15,17-18,21H2,1H3,(H,39,40)/t23?,24?,30-/m0/s1. The van der Waals surface area contributed by atoms with Crippen molar-refractivity contribution in [3.8, 4) is 5.75 Å². The van der Waals surface area contributed by atoms with Gasteiger partial charge < -0.3 is 19.8 Å². The Balaban J connectivity index is 1.31. The number of methoxy groups -OCH3 is 1. The number of aliphatic hydroxyl groups is 1. The van der Waals surface area contributed by atoms with Crippen molar-refractivity contribution in [3.05, 3.63) is 71.4 Å². The van der Waals surface area contributed by atoms with Gasteiger partial charge in [0.2, 0.25) is 0 Å². The topological polar surface area (TPSA) is 82.9 Å². The van der Waals surface area contributed by atoms with E-state index in [1.807, 2.05) is 24.3 Å². The zero-order chi connectivity index (χ0) is 29.4. The summed E-state index contributed by atoms with van der Waals surface area (Å²) in [7, 11) is 1.60. The maximum atomic E-state index is 13.0. The van der Waals surface area contributed by atoms with Gasteiger partial charge in [0.1, 0.15) is 5.75 Å². The van der Waals surface area contributed by atoms with E-state index in [4.69, 9.17) is 4.74 Å². The molecule has 2 N–H and O–H groups in total. The molecular weight excluding hydrogens is 533 g/mol. The van der Waals surface area contributed by atoms with Crippen LogP contribution >= 0.6 is 0 Å². The van der Waals surface area contributed by atoms with Crippen LogP contribution in [0.15, 0.2) is 54.7 Å². The zero-order valence-corrected chi connectivity index (χ0v) is 23.4. The molecule has 1 saturated heterocycles. The summed E-state index contributed by atoms with van der Waals surface area (Å²) < 4.78 is 44.3. The molecule has 1 aliphatic rings. The number of ether oxygens (including phenoxy) is 1. The predicted octanol–water partition coefficient (Wildman–Crippen LogP) is 6.90. The lowest BCUT2D eigenvalue weighted by atomic mass is 9.79. The van der Waals surface area contributed by atoms with E-state index in [0.717, 1.165) is 67.9 Å². The normalized spacial score (nSPS) is 18.9. The maximum absolute atomic E-state index is 13.0. The minimum absolute atomic E-state index is 0.113. The Morgan fingerprint density at radius 2 is 1.95 bits per heavy atom. The Hall–Kier alpha value is -3.17. The number of carboxylic acid groups (broad SMARTS) is 1. The van der Waals surface area contributed by atoms with Crippen LogP contribution in [0.25, 0.3) is 10.9 Å². The molecule has 0 spiro atoms. The average molecular weight is 573 g/mol. The summed E-state index contributed by atoms with van der Waals surface area (Å²) in [5, 5.41) is 21.3. The molecule has 41 heavy (non-hydrogen) atoms. The number of piperidine rings is 1. The number of likely N-dealkylation sites (tertiary alicyclic amines) is 1. The van der Waals surface area contributed by atoms with Gasteiger partial charge in [-0.05, 0) is 111 Å². The molecule has 2 aromatic carbocycles. The predicted molar refractivity (Wildman–Crippen MR) is 152 cm³/mol. The fraction of sp³-hybridized carbons (Fsp3) is 0.500. The number of aliphatic carboxylic acids is 1. The Morgan fingerprint density at radius 3 is 2.71 bits per heavy atom. The van der Waals surface area contributed by atoms with Crippen molar-refractivity contribution >= 4 is 16.9 Å². The molecule has 1 aromatic heterocycles. The van der Waals surface area contributed by atoms with Gasteiger partial charge in [-0.2, -0.15) is 13.2 Å². The number of carboxylic acids is 1. The number of unbranched alkanes of at least 4 members (excludes halogenated alkanes) is 1. The number of nitrogens with zero attached hydrogens (tertiary/aromatic N) is 2. The molecule has 0 radical (unpaired) electrons. The molecule has 0 aliphatic carbocycles. The quantitative estimate of drug-likeness (QED) is 0.217. The molecule has 1 aliphatic heterocycles. The molecule has 6 nitrogen and oxygen atoms in total. The van der Waals surface area contributed by atoms with Crippen molar-refractivity contribution in [2.75, 3.05) is 26.7 Å². The van der Waals surface area contributed by atoms with Crippen LogP contribution in [-0.4, -0.2) is 52.8 Å². The molecule has 1 fully saturated rings. The van der Waals surface area contributed by atoms with Gasteiger partial charge in [-0.3, -0.25) is 9.78 Å². The largest absolute Gasteiger partial charge is 0.497 e. The molecule has 0 bridgehead atoms. The van der Waals surface area contributed by atoms with Crippen LogP contribution in [0.3, 0.4) is 0 Å². The van der Waals surface area contributed by atoms with E-state index in [1.165, 1.54) is 12.1 Å². The minimum Gasteiger partial charge on any atom is -0.497 e. The summed E-state index contributed by atoms with van der Waals surface area (Å²) in [6.07, 6.45) is 1.95. The van der Waals surface area contributed by atoms with Crippen LogP contribution in [0, 0.1) is 11.8 Å². The van der Waals surface area contributed by atoms with E-state index in [1.54, 1.807) is 19.4 Å². The highest BCUT2D eigenvalue weighted by Gasteiger charge is 2.31. The molecule has 222 valence electrons. The number of benzene rings is 2. The highest BCUT2D eigenvalue weighted by atomic mass is 19.4. The van der Waals surface area contributed by atoms with Gasteiger partial charge in [0.15, 0.2) is 0 Å². The highest BCUT2D eigenvalue weighted by molar-refractivity contribution is 5.83. The zero-order valence-electron chi connectivity index (χ0n) is 23.4. The molecular formula is C32H39F3N2O4. The van der Waals surface area contributed by atoms with E-state index in [2.05, 4.69) is 9.88 Å². The lowest BCUT2D eigenvalue weighted by molar-refractivity contribution is -0.138. The average Bonchev–Trinajstić information content (AvgIpc) is 2.96. The third-order valence-corrected chi connectivity index (χ3v) is 8.30. The SMILES string of the molecule is COc1ccc2nccc([C@@H](O)CCC3CCN(CCCCc4cccc(C(F)(F)F)c4)CC3CCC(=O)O)c2c1. The van der Waals surface area contributed by atoms with Crippen molar-refractivity contribution in [2.45, 2.75) is 63.6 Å². The van der Waals surface area contributed by atoms with Crippen LogP contribution in [0.1, 0.15) is 67.7 Å². The van der Waals surface area contributed by atoms with Crippen LogP contribution < -0.4 is 4.74 Å². The Kier molecular flexibility index (Phi) is 10.6. The van der Waals surface area contributed by atoms with Crippen molar-refractivity contribution < 1.29 is 32.9 Å². The maximum Gasteiger partial charge on any atom is 0.416 e. The summed E-state index contributed by atoms with van der Waals surface area (Å²) in [5.74, 6) is 0.423. The third kappa shape index (κ3) is 8.66. The second kappa shape index (κ2) is 14.1. The van der Waals surface area contributed by atoms with E-state index in [-0.39, 0.29) is 12.3 Å². The van der Waals surface area contributed by atoms with E-state index in [0.29, 0.717) is 36.5 Å². The van der Waals surface area contributed by atoms with Gasteiger partial charge in [0, 0.05) is 24.5 Å². The number of aliphatic hydroxyl groups excluding tert-OH is 1. The van der Waals surface area contributed by atoms with Crippen LogP contribution in [0.5, 0.6) is 5.75 Å². The lowest BCUT2D eigenvalue weighted by Crippen LogP contribution is -2.41. The second-order valence-electron chi connectivity index (χ2n) is 11.1. The number of alkyl halides is 3. The smallest absolute Gasteiger partial charge is 0.416 e. The molecule has 0 saturated carbocycles. The molecule has 3 aromatic rings. The third-order valence-electron chi connectivity index (χ3n) is 8.30. The first-order valence-corrected chi connectivity index (χ1v) is 14.3. The second-order valence-corrected chi connectivity index (χ2v) is 11.1. The highest BCUT2D eigenvalue weighted by Crippen LogP contribution is 2.35. The van der Waals surface area contributed by atoms with Crippen LogP contribution in [0.2, 0.25) is 0 Å². The van der Waals surface area contributed by atoms with Crippen LogP contribution in [0.4, 0.5) is 13.2 Å². The molecule has 2 unspecified atom stereocenters. The first kappa shape index (κ1) is 30.8. The number of pyridine rings is 1.